The van der Waals surface area contributed by atoms with E-state index in [2.05, 4.69) is 0 Å². The van der Waals surface area contributed by atoms with Crippen molar-refractivity contribution in [2.75, 3.05) is 0 Å². The normalized spacial score (nSPS) is 9.56. The fourth-order valence-corrected chi connectivity index (χ4v) is 1.59. The van der Waals surface area contributed by atoms with Crippen LogP contribution in [-0.2, 0) is 4.70 Å². The molecule has 78 valence electrons. The molecule has 3 heteroatoms. The third kappa shape index (κ3) is 2.19. The SMILES string of the molecule is Cc1ccc(-c2ccccc2OB=O)cc1. The van der Waals surface area contributed by atoms with Crippen LogP contribution < -0.4 is 4.65 Å². The Balaban J connectivity index is 2.46. The van der Waals surface area contributed by atoms with Gasteiger partial charge in [-0.1, -0.05) is 0 Å². The molecular formula is C13H11BO2. The standard InChI is InChI=1S/C13H11BO2/c1-10-6-8-11(9-7-10)12-4-2-3-5-13(12)16-14-15/h2-9H,1H3. The van der Waals surface area contributed by atoms with Crippen molar-refractivity contribution < 1.29 is 9.36 Å². The molecule has 2 aromatic carbocycles. The van der Waals surface area contributed by atoms with E-state index in [0.29, 0.717) is 13.1 Å². The van der Waals surface area contributed by atoms with E-state index < -0.39 is 0 Å². The summed E-state index contributed by atoms with van der Waals surface area (Å²) in [6.07, 6.45) is 0. The van der Waals surface area contributed by atoms with E-state index in [9.17, 15) is 4.70 Å². The average Bonchev–Trinajstić information content (AvgIpc) is 2.32. The van der Waals surface area contributed by atoms with E-state index in [4.69, 9.17) is 4.65 Å². The van der Waals surface area contributed by atoms with Crippen LogP contribution in [0, 0.1) is 6.92 Å². The third-order valence-electron chi connectivity index (χ3n) is 2.42. The molecule has 0 saturated heterocycles. The molecule has 0 atom stereocenters. The molecule has 0 spiro atoms. The van der Waals surface area contributed by atoms with Crippen molar-refractivity contribution in [2.24, 2.45) is 0 Å². The number of benzene rings is 2. The zero-order chi connectivity index (χ0) is 11.4. The number of para-hydroxylation sites is 1. The molecule has 0 aliphatic rings. The Labute approximate surface area is 95.2 Å². The van der Waals surface area contributed by atoms with Crippen molar-refractivity contribution in [2.45, 2.75) is 6.92 Å². The molecule has 0 radical (unpaired) electrons. The summed E-state index contributed by atoms with van der Waals surface area (Å²) >= 11 is 0. The summed E-state index contributed by atoms with van der Waals surface area (Å²) < 4.78 is 15.3. The van der Waals surface area contributed by atoms with Gasteiger partial charge in [-0.3, -0.25) is 0 Å². The van der Waals surface area contributed by atoms with Crippen LogP contribution in [0.1, 0.15) is 5.56 Å². The molecule has 0 aliphatic carbocycles. The molecule has 0 unspecified atom stereocenters. The minimum atomic E-state index is 0.451. The second-order valence-corrected chi connectivity index (χ2v) is 3.58. The topological polar surface area (TPSA) is 26.3 Å². The van der Waals surface area contributed by atoms with Crippen LogP contribution in [0.25, 0.3) is 11.1 Å². The predicted octanol–water partition coefficient (Wildman–Crippen LogP) is 3.01. The van der Waals surface area contributed by atoms with Gasteiger partial charge in [-0.05, 0) is 0 Å². The van der Waals surface area contributed by atoms with Crippen LogP contribution in [-0.4, -0.2) is 7.35 Å². The van der Waals surface area contributed by atoms with Crippen molar-refractivity contribution >= 4 is 7.35 Å². The molecule has 2 aromatic rings. The summed E-state index contributed by atoms with van der Waals surface area (Å²) in [7, 11) is 0.451. The van der Waals surface area contributed by atoms with E-state index in [1.54, 1.807) is 6.07 Å². The van der Waals surface area contributed by atoms with Gasteiger partial charge in [-0.15, -0.1) is 0 Å². The number of hydrogen-bond acceptors (Lipinski definition) is 2. The zero-order valence-electron chi connectivity index (χ0n) is 9.01. The van der Waals surface area contributed by atoms with Gasteiger partial charge in [0.05, 0.1) is 0 Å². The third-order valence-corrected chi connectivity index (χ3v) is 2.42. The monoisotopic (exact) mass is 210 g/mol. The molecule has 0 saturated carbocycles. The number of rotatable bonds is 3. The van der Waals surface area contributed by atoms with Gasteiger partial charge in [0.2, 0.25) is 0 Å². The Kier molecular flexibility index (Phi) is 3.15. The molecule has 0 N–H and O–H groups in total. The van der Waals surface area contributed by atoms with Gasteiger partial charge in [-0.2, -0.15) is 0 Å². The Morgan fingerprint density at radius 1 is 1.00 bits per heavy atom. The summed E-state index contributed by atoms with van der Waals surface area (Å²) in [5, 5.41) is 0. The Morgan fingerprint density at radius 2 is 1.69 bits per heavy atom. The first-order valence-electron chi connectivity index (χ1n) is 5.07. The Bertz CT molecular complexity index is 492. The van der Waals surface area contributed by atoms with Crippen molar-refractivity contribution in [1.82, 2.24) is 0 Å². The zero-order valence-corrected chi connectivity index (χ0v) is 9.01. The molecule has 16 heavy (non-hydrogen) atoms. The quantitative estimate of drug-likeness (QED) is 0.727. The van der Waals surface area contributed by atoms with Gasteiger partial charge < -0.3 is 0 Å². The van der Waals surface area contributed by atoms with Crippen LogP contribution in [0.15, 0.2) is 48.5 Å². The number of aryl methyl sites for hydroxylation is 1. The molecule has 0 amide bonds. The van der Waals surface area contributed by atoms with Gasteiger partial charge in [0.25, 0.3) is 0 Å². The van der Waals surface area contributed by atoms with Gasteiger partial charge in [0, 0.05) is 0 Å². The van der Waals surface area contributed by atoms with Crippen LogP contribution in [0.4, 0.5) is 0 Å². The molecule has 0 aromatic heterocycles. The molecular weight excluding hydrogens is 199 g/mol. The maximum absolute atomic E-state index is 10.4. The van der Waals surface area contributed by atoms with E-state index in [1.165, 1.54) is 5.56 Å². The van der Waals surface area contributed by atoms with Crippen molar-refractivity contribution in [3.63, 3.8) is 0 Å². The summed E-state index contributed by atoms with van der Waals surface area (Å²) in [5.41, 5.74) is 3.18. The first-order chi connectivity index (χ1) is 7.81. The predicted molar refractivity (Wildman–Crippen MR) is 63.7 cm³/mol. The van der Waals surface area contributed by atoms with Crippen LogP contribution in [0.2, 0.25) is 0 Å². The second-order valence-electron chi connectivity index (χ2n) is 3.58. The molecule has 2 nitrogen and oxygen atoms in total. The van der Waals surface area contributed by atoms with Crippen molar-refractivity contribution in [3.05, 3.63) is 54.1 Å². The molecule has 0 heterocycles. The van der Waals surface area contributed by atoms with E-state index in [0.717, 1.165) is 11.1 Å². The first kappa shape index (κ1) is 10.6. The summed E-state index contributed by atoms with van der Waals surface area (Å²) in [4.78, 5) is 0. The number of hydrogen-bond donors (Lipinski definition) is 0. The Hall–Kier alpha value is -1.90. The van der Waals surface area contributed by atoms with Crippen molar-refractivity contribution in [3.8, 4) is 16.9 Å². The summed E-state index contributed by atoms with van der Waals surface area (Å²) in [5.74, 6) is 0.585. The molecule has 0 fully saturated rings. The summed E-state index contributed by atoms with van der Waals surface area (Å²) in [6.45, 7) is 2.04. The van der Waals surface area contributed by atoms with Crippen LogP contribution in [0.5, 0.6) is 5.75 Å². The molecule has 0 aliphatic heterocycles. The van der Waals surface area contributed by atoms with Gasteiger partial charge in [0.1, 0.15) is 0 Å². The Morgan fingerprint density at radius 3 is 2.38 bits per heavy atom. The molecule has 0 bridgehead atoms. The van der Waals surface area contributed by atoms with Crippen LogP contribution in [0.3, 0.4) is 0 Å². The van der Waals surface area contributed by atoms with Crippen LogP contribution >= 0.6 is 0 Å². The van der Waals surface area contributed by atoms with E-state index in [1.807, 2.05) is 49.4 Å². The van der Waals surface area contributed by atoms with E-state index >= 15 is 0 Å². The fraction of sp³-hybridized carbons (Fsp3) is 0.0769. The van der Waals surface area contributed by atoms with Gasteiger partial charge in [-0.25, -0.2) is 0 Å². The maximum atomic E-state index is 10.4. The minimum absolute atomic E-state index is 0.451. The van der Waals surface area contributed by atoms with Gasteiger partial charge >= 0.3 is 94.6 Å². The van der Waals surface area contributed by atoms with Gasteiger partial charge in [0.15, 0.2) is 0 Å². The van der Waals surface area contributed by atoms with Crippen molar-refractivity contribution in [1.29, 1.82) is 0 Å². The summed E-state index contributed by atoms with van der Waals surface area (Å²) in [6, 6.07) is 15.6. The fourth-order valence-electron chi connectivity index (χ4n) is 1.59. The average molecular weight is 210 g/mol. The molecule has 2 rings (SSSR count). The first-order valence-corrected chi connectivity index (χ1v) is 5.07. The second kappa shape index (κ2) is 4.75. The van der Waals surface area contributed by atoms with E-state index in [-0.39, 0.29) is 0 Å².